The van der Waals surface area contributed by atoms with Crippen molar-refractivity contribution in [1.29, 1.82) is 0 Å². The maximum absolute atomic E-state index is 4.91. The molecule has 0 bridgehead atoms. The van der Waals surface area contributed by atoms with Gasteiger partial charge in [0.2, 0.25) is 0 Å². The van der Waals surface area contributed by atoms with Crippen molar-refractivity contribution in [2.45, 2.75) is 18.7 Å². The lowest BCUT2D eigenvalue weighted by molar-refractivity contribution is 0.415. The van der Waals surface area contributed by atoms with Crippen molar-refractivity contribution >= 4 is 11.8 Å². The SMILES string of the molecule is CCN.CCN.COc1ccccc1.CSc1ccccc1. The van der Waals surface area contributed by atoms with Gasteiger partial charge in [-0.2, -0.15) is 0 Å². The molecule has 2 aromatic carbocycles. The van der Waals surface area contributed by atoms with Crippen LogP contribution >= 0.6 is 11.8 Å². The fourth-order valence-electron chi connectivity index (χ4n) is 1.11. The molecule has 3 nitrogen and oxygen atoms in total. The Balaban J connectivity index is 0. The summed E-state index contributed by atoms with van der Waals surface area (Å²) in [6.45, 7) is 5.31. The first-order valence-corrected chi connectivity index (χ1v) is 8.50. The number of benzene rings is 2. The van der Waals surface area contributed by atoms with Gasteiger partial charge in [-0.15, -0.1) is 11.8 Å². The number of rotatable bonds is 2. The summed E-state index contributed by atoms with van der Waals surface area (Å²) in [6.07, 6.45) is 2.08. The highest BCUT2D eigenvalue weighted by Gasteiger charge is 1.81. The Morgan fingerprint density at radius 1 is 0.818 bits per heavy atom. The molecule has 124 valence electrons. The normalized spacial score (nSPS) is 8.09. The predicted octanol–water partition coefficient (Wildman–Crippen LogP) is 4.03. The number of hydrogen-bond acceptors (Lipinski definition) is 4. The van der Waals surface area contributed by atoms with Crippen LogP contribution in [0.1, 0.15) is 13.8 Å². The van der Waals surface area contributed by atoms with Gasteiger partial charge in [0.05, 0.1) is 7.11 Å². The van der Waals surface area contributed by atoms with Crippen LogP contribution in [-0.2, 0) is 0 Å². The Hall–Kier alpha value is -1.49. The molecule has 2 aromatic rings. The minimum Gasteiger partial charge on any atom is -0.497 e. The third kappa shape index (κ3) is 16.6. The van der Waals surface area contributed by atoms with Crippen LogP contribution in [0.15, 0.2) is 65.6 Å². The van der Waals surface area contributed by atoms with E-state index in [1.165, 1.54) is 4.90 Å². The smallest absolute Gasteiger partial charge is 0.118 e. The number of para-hydroxylation sites is 1. The van der Waals surface area contributed by atoms with Gasteiger partial charge in [-0.3, -0.25) is 0 Å². The van der Waals surface area contributed by atoms with E-state index in [1.807, 2.05) is 62.4 Å². The fourth-order valence-corrected chi connectivity index (χ4v) is 1.54. The molecule has 2 rings (SSSR count). The Labute approximate surface area is 140 Å². The zero-order valence-corrected chi connectivity index (χ0v) is 15.0. The van der Waals surface area contributed by atoms with Gasteiger partial charge < -0.3 is 16.2 Å². The maximum Gasteiger partial charge on any atom is 0.118 e. The molecule has 0 amide bonds. The minimum atomic E-state index is 0.750. The molecule has 0 aliphatic rings. The van der Waals surface area contributed by atoms with Crippen LogP contribution in [0.2, 0.25) is 0 Å². The third-order valence-electron chi connectivity index (χ3n) is 1.96. The molecule has 4 heteroatoms. The van der Waals surface area contributed by atoms with Gasteiger partial charge >= 0.3 is 0 Å². The van der Waals surface area contributed by atoms with Gasteiger partial charge in [-0.1, -0.05) is 50.2 Å². The fraction of sp³-hybridized carbons (Fsp3) is 0.333. The zero-order chi connectivity index (χ0) is 17.1. The summed E-state index contributed by atoms with van der Waals surface area (Å²) < 4.78 is 4.91. The van der Waals surface area contributed by atoms with Gasteiger partial charge in [-0.05, 0) is 43.6 Å². The number of ether oxygens (including phenoxy) is 1. The number of hydrogen-bond donors (Lipinski definition) is 2. The quantitative estimate of drug-likeness (QED) is 0.819. The molecule has 0 atom stereocenters. The van der Waals surface area contributed by atoms with Gasteiger partial charge in [0, 0.05) is 4.90 Å². The maximum atomic E-state index is 4.91. The lowest BCUT2D eigenvalue weighted by Gasteiger charge is -1.93. The van der Waals surface area contributed by atoms with Crippen LogP contribution in [-0.4, -0.2) is 26.5 Å². The average molecular weight is 323 g/mol. The average Bonchev–Trinajstić information content (AvgIpc) is 2.58. The molecule has 0 unspecified atom stereocenters. The van der Waals surface area contributed by atoms with E-state index in [0.717, 1.165) is 18.8 Å². The summed E-state index contributed by atoms with van der Waals surface area (Å²) in [5, 5.41) is 0. The van der Waals surface area contributed by atoms with Crippen molar-refractivity contribution < 1.29 is 4.74 Å². The van der Waals surface area contributed by atoms with Crippen molar-refractivity contribution in [3.8, 4) is 5.75 Å². The second-order valence-electron chi connectivity index (χ2n) is 3.85. The molecule has 0 aliphatic carbocycles. The van der Waals surface area contributed by atoms with E-state index in [2.05, 4.69) is 18.4 Å². The van der Waals surface area contributed by atoms with Crippen LogP contribution < -0.4 is 16.2 Å². The molecule has 0 aliphatic heterocycles. The van der Waals surface area contributed by atoms with E-state index in [0.29, 0.717) is 0 Å². The molecular formula is C18H30N2OS. The predicted molar refractivity (Wildman–Crippen MR) is 101 cm³/mol. The molecule has 4 N–H and O–H groups in total. The van der Waals surface area contributed by atoms with Crippen molar-refractivity contribution in [1.82, 2.24) is 0 Å². The van der Waals surface area contributed by atoms with Crippen LogP contribution in [0.3, 0.4) is 0 Å². The van der Waals surface area contributed by atoms with Crippen LogP contribution in [0.5, 0.6) is 5.75 Å². The molecule has 0 saturated heterocycles. The Bertz CT molecular complexity index is 368. The van der Waals surface area contributed by atoms with Crippen molar-refractivity contribution in [3.05, 3.63) is 60.7 Å². The van der Waals surface area contributed by atoms with E-state index in [-0.39, 0.29) is 0 Å². The minimum absolute atomic E-state index is 0.750. The number of nitrogens with two attached hydrogens (primary N) is 2. The van der Waals surface area contributed by atoms with Crippen molar-refractivity contribution in [2.75, 3.05) is 26.5 Å². The van der Waals surface area contributed by atoms with E-state index in [4.69, 9.17) is 16.2 Å². The van der Waals surface area contributed by atoms with Crippen LogP contribution in [0.4, 0.5) is 0 Å². The van der Waals surface area contributed by atoms with Crippen molar-refractivity contribution in [2.24, 2.45) is 11.5 Å². The first kappa shape index (κ1) is 22.8. The molecule has 0 saturated carbocycles. The highest BCUT2D eigenvalue weighted by atomic mass is 32.2. The third-order valence-corrected chi connectivity index (χ3v) is 2.70. The summed E-state index contributed by atoms with van der Waals surface area (Å²) >= 11 is 1.77. The summed E-state index contributed by atoms with van der Waals surface area (Å²) in [4.78, 5) is 1.33. The molecular weight excluding hydrogens is 292 g/mol. The molecule has 22 heavy (non-hydrogen) atoms. The van der Waals surface area contributed by atoms with Crippen molar-refractivity contribution in [3.63, 3.8) is 0 Å². The summed E-state index contributed by atoms with van der Waals surface area (Å²) in [5.74, 6) is 0.910. The molecule has 0 fully saturated rings. The van der Waals surface area contributed by atoms with E-state index in [1.54, 1.807) is 18.9 Å². The van der Waals surface area contributed by atoms with E-state index < -0.39 is 0 Å². The van der Waals surface area contributed by atoms with Gasteiger partial charge in [0.15, 0.2) is 0 Å². The standard InChI is InChI=1S/C7H8O.C7H8S.2C2H7N/c2*1-8-7-5-3-2-4-6-7;2*1-2-3/h2*2-6H,1H3;2*2-3H2,1H3. The second kappa shape index (κ2) is 19.5. The monoisotopic (exact) mass is 322 g/mol. The Morgan fingerprint density at radius 3 is 1.41 bits per heavy atom. The number of thioether (sulfide) groups is 1. The zero-order valence-electron chi connectivity index (χ0n) is 14.2. The summed E-state index contributed by atoms with van der Waals surface area (Å²) in [6, 6.07) is 20.0. The number of methoxy groups -OCH3 is 1. The first-order chi connectivity index (χ1) is 10.7. The van der Waals surface area contributed by atoms with E-state index in [9.17, 15) is 0 Å². The molecule has 0 heterocycles. The van der Waals surface area contributed by atoms with Gasteiger partial charge in [0.1, 0.15) is 5.75 Å². The molecule has 0 radical (unpaired) electrons. The highest BCUT2D eigenvalue weighted by Crippen LogP contribution is 2.11. The second-order valence-corrected chi connectivity index (χ2v) is 4.73. The lowest BCUT2D eigenvalue weighted by Crippen LogP contribution is -1.87. The van der Waals surface area contributed by atoms with Gasteiger partial charge in [-0.25, -0.2) is 0 Å². The van der Waals surface area contributed by atoms with E-state index >= 15 is 0 Å². The summed E-state index contributed by atoms with van der Waals surface area (Å²) in [5.41, 5.74) is 9.69. The molecule has 0 aromatic heterocycles. The van der Waals surface area contributed by atoms with Crippen LogP contribution in [0, 0.1) is 0 Å². The topological polar surface area (TPSA) is 61.3 Å². The highest BCUT2D eigenvalue weighted by molar-refractivity contribution is 7.98. The Morgan fingerprint density at radius 2 is 1.18 bits per heavy atom. The largest absolute Gasteiger partial charge is 0.497 e. The van der Waals surface area contributed by atoms with Gasteiger partial charge in [0.25, 0.3) is 0 Å². The molecule has 0 spiro atoms. The Kier molecular flexibility index (Phi) is 20.2. The first-order valence-electron chi connectivity index (χ1n) is 7.28. The lowest BCUT2D eigenvalue weighted by atomic mass is 10.3. The summed E-state index contributed by atoms with van der Waals surface area (Å²) in [7, 11) is 1.66. The van der Waals surface area contributed by atoms with Crippen LogP contribution in [0.25, 0.3) is 0 Å².